The molecule has 1 rings (SSSR count). The summed E-state index contributed by atoms with van der Waals surface area (Å²) in [6.45, 7) is 2.46. The van der Waals surface area contributed by atoms with Crippen molar-refractivity contribution in [3.8, 4) is 0 Å². The van der Waals surface area contributed by atoms with E-state index in [4.69, 9.17) is 9.47 Å². The van der Waals surface area contributed by atoms with Gasteiger partial charge in [-0.25, -0.2) is 9.59 Å². The molecular formula is C11H13F5O6. The van der Waals surface area contributed by atoms with Gasteiger partial charge in [0.1, 0.15) is 6.10 Å². The first-order chi connectivity index (χ1) is 9.82. The van der Waals surface area contributed by atoms with Crippen LogP contribution in [-0.4, -0.2) is 55.7 Å². The van der Waals surface area contributed by atoms with Crippen molar-refractivity contribution in [3.05, 3.63) is 0 Å². The Morgan fingerprint density at radius 2 is 1.77 bits per heavy atom. The molecule has 1 heterocycles. The van der Waals surface area contributed by atoms with Crippen molar-refractivity contribution >= 4 is 11.9 Å². The number of ether oxygens (including phenoxy) is 4. The quantitative estimate of drug-likeness (QED) is 0.571. The molecule has 2 atom stereocenters. The second kappa shape index (κ2) is 5.95. The zero-order valence-corrected chi connectivity index (χ0v) is 11.7. The average Bonchev–Trinajstić information content (AvgIpc) is 2.73. The normalized spacial score (nSPS) is 23.0. The van der Waals surface area contributed by atoms with Gasteiger partial charge in [-0.05, 0) is 13.8 Å². The van der Waals surface area contributed by atoms with Crippen molar-refractivity contribution < 1.29 is 50.5 Å². The molecule has 0 aromatic rings. The van der Waals surface area contributed by atoms with Gasteiger partial charge in [0.15, 0.2) is 5.79 Å². The SMILES string of the molecule is COC(=O)C(OC(=O)C(F)(F)C(F)(F)F)C1COC(C)(C)O1. The highest BCUT2D eigenvalue weighted by Gasteiger charge is 2.65. The van der Waals surface area contributed by atoms with Crippen LogP contribution in [0.25, 0.3) is 0 Å². The van der Waals surface area contributed by atoms with Gasteiger partial charge in [-0.2, -0.15) is 22.0 Å². The maximum Gasteiger partial charge on any atom is 0.465 e. The van der Waals surface area contributed by atoms with Crippen LogP contribution in [0.5, 0.6) is 0 Å². The Morgan fingerprint density at radius 3 is 2.14 bits per heavy atom. The number of carbonyl (C=O) groups excluding carboxylic acids is 2. The van der Waals surface area contributed by atoms with Crippen LogP contribution in [0.1, 0.15) is 13.8 Å². The molecule has 0 bridgehead atoms. The predicted octanol–water partition coefficient (Wildman–Crippen LogP) is 1.42. The van der Waals surface area contributed by atoms with Gasteiger partial charge in [0, 0.05) is 0 Å². The lowest BCUT2D eigenvalue weighted by atomic mass is 10.2. The Labute approximate surface area is 121 Å². The molecule has 0 saturated carbocycles. The fraction of sp³-hybridized carbons (Fsp3) is 0.818. The first-order valence-corrected chi connectivity index (χ1v) is 5.87. The third kappa shape index (κ3) is 3.83. The predicted molar refractivity (Wildman–Crippen MR) is 57.8 cm³/mol. The standard InChI is InChI=1S/C11H13F5O6/c1-9(2)20-4-5(22-9)6(7(17)19-3)21-8(18)10(12,13)11(14,15)16/h5-6H,4H2,1-3H3. The number of halogens is 5. The van der Waals surface area contributed by atoms with E-state index in [0.29, 0.717) is 0 Å². The van der Waals surface area contributed by atoms with E-state index in [1.165, 1.54) is 13.8 Å². The van der Waals surface area contributed by atoms with Crippen LogP contribution in [0.2, 0.25) is 0 Å². The molecule has 2 unspecified atom stereocenters. The molecular weight excluding hydrogens is 323 g/mol. The van der Waals surface area contributed by atoms with Gasteiger partial charge in [0.05, 0.1) is 13.7 Å². The Morgan fingerprint density at radius 1 is 1.23 bits per heavy atom. The Kier molecular flexibility index (Phi) is 5.02. The zero-order chi connectivity index (χ0) is 17.3. The summed E-state index contributed by atoms with van der Waals surface area (Å²) in [7, 11) is 0.839. The second-order valence-electron chi connectivity index (χ2n) is 4.79. The monoisotopic (exact) mass is 336 g/mol. The molecule has 0 radical (unpaired) electrons. The summed E-state index contributed by atoms with van der Waals surface area (Å²) in [5, 5.41) is 0. The molecule has 22 heavy (non-hydrogen) atoms. The summed E-state index contributed by atoms with van der Waals surface area (Å²) >= 11 is 0. The number of hydrogen-bond acceptors (Lipinski definition) is 6. The highest BCUT2D eigenvalue weighted by molar-refractivity contribution is 5.83. The van der Waals surface area contributed by atoms with Gasteiger partial charge in [-0.15, -0.1) is 0 Å². The fourth-order valence-corrected chi connectivity index (χ4v) is 1.56. The number of carbonyl (C=O) groups is 2. The van der Waals surface area contributed by atoms with Gasteiger partial charge in [0.25, 0.3) is 0 Å². The average molecular weight is 336 g/mol. The van der Waals surface area contributed by atoms with E-state index in [0.717, 1.165) is 7.11 Å². The minimum absolute atomic E-state index is 0.363. The Bertz CT molecular complexity index is 447. The Balaban J connectivity index is 2.92. The third-order valence-electron chi connectivity index (χ3n) is 2.65. The van der Waals surface area contributed by atoms with E-state index in [2.05, 4.69) is 9.47 Å². The van der Waals surface area contributed by atoms with Crippen LogP contribution in [-0.2, 0) is 28.5 Å². The van der Waals surface area contributed by atoms with Crippen LogP contribution in [0, 0.1) is 0 Å². The van der Waals surface area contributed by atoms with Crippen LogP contribution >= 0.6 is 0 Å². The van der Waals surface area contributed by atoms with Gasteiger partial charge in [-0.3, -0.25) is 0 Å². The Hall–Kier alpha value is -1.49. The topological polar surface area (TPSA) is 71.1 Å². The minimum Gasteiger partial charge on any atom is -0.466 e. The van der Waals surface area contributed by atoms with E-state index in [9.17, 15) is 31.5 Å². The molecule has 1 aliphatic rings. The maximum atomic E-state index is 12.9. The van der Waals surface area contributed by atoms with Crippen molar-refractivity contribution in [2.45, 2.75) is 43.9 Å². The lowest BCUT2D eigenvalue weighted by molar-refractivity contribution is -0.284. The molecule has 0 spiro atoms. The fourth-order valence-electron chi connectivity index (χ4n) is 1.56. The summed E-state index contributed by atoms with van der Waals surface area (Å²) < 4.78 is 80.4. The smallest absolute Gasteiger partial charge is 0.465 e. The molecule has 1 saturated heterocycles. The summed E-state index contributed by atoms with van der Waals surface area (Å²) in [4.78, 5) is 22.5. The number of alkyl halides is 5. The maximum absolute atomic E-state index is 12.9. The van der Waals surface area contributed by atoms with Crippen molar-refractivity contribution in [1.29, 1.82) is 0 Å². The van der Waals surface area contributed by atoms with Gasteiger partial charge in [-0.1, -0.05) is 0 Å². The minimum atomic E-state index is -6.16. The molecule has 0 aliphatic carbocycles. The molecule has 0 amide bonds. The van der Waals surface area contributed by atoms with E-state index in [-0.39, 0.29) is 6.61 Å². The second-order valence-corrected chi connectivity index (χ2v) is 4.79. The highest BCUT2D eigenvalue weighted by atomic mass is 19.4. The van der Waals surface area contributed by atoms with Crippen LogP contribution < -0.4 is 0 Å². The molecule has 0 aromatic heterocycles. The van der Waals surface area contributed by atoms with Gasteiger partial charge < -0.3 is 18.9 Å². The van der Waals surface area contributed by atoms with E-state index in [1.807, 2.05) is 0 Å². The number of hydrogen-bond donors (Lipinski definition) is 0. The number of methoxy groups -OCH3 is 1. The van der Waals surface area contributed by atoms with E-state index >= 15 is 0 Å². The van der Waals surface area contributed by atoms with Crippen molar-refractivity contribution in [3.63, 3.8) is 0 Å². The zero-order valence-electron chi connectivity index (χ0n) is 11.7. The van der Waals surface area contributed by atoms with E-state index in [1.54, 1.807) is 0 Å². The summed E-state index contributed by atoms with van der Waals surface area (Å²) in [5.41, 5.74) is 0. The molecule has 0 aromatic carbocycles. The van der Waals surface area contributed by atoms with Gasteiger partial charge in [0.2, 0.25) is 6.10 Å². The highest BCUT2D eigenvalue weighted by Crippen LogP contribution is 2.37. The van der Waals surface area contributed by atoms with Crippen molar-refractivity contribution in [2.24, 2.45) is 0 Å². The first-order valence-electron chi connectivity index (χ1n) is 5.87. The molecule has 0 N–H and O–H groups in total. The van der Waals surface area contributed by atoms with Crippen LogP contribution in [0.3, 0.4) is 0 Å². The molecule has 128 valence electrons. The lowest BCUT2D eigenvalue weighted by Gasteiger charge is -2.25. The number of rotatable bonds is 4. The molecule has 1 aliphatic heterocycles. The van der Waals surface area contributed by atoms with E-state index < -0.39 is 42.0 Å². The molecule has 1 fully saturated rings. The lowest BCUT2D eigenvalue weighted by Crippen LogP contribution is -2.50. The molecule has 6 nitrogen and oxygen atoms in total. The van der Waals surface area contributed by atoms with Gasteiger partial charge >= 0.3 is 24.0 Å². The summed E-state index contributed by atoms with van der Waals surface area (Å²) in [6.07, 6.45) is -9.65. The van der Waals surface area contributed by atoms with Crippen molar-refractivity contribution in [1.82, 2.24) is 0 Å². The third-order valence-corrected chi connectivity index (χ3v) is 2.65. The number of esters is 2. The first kappa shape index (κ1) is 18.6. The van der Waals surface area contributed by atoms with Crippen molar-refractivity contribution in [2.75, 3.05) is 13.7 Å². The largest absolute Gasteiger partial charge is 0.466 e. The van der Waals surface area contributed by atoms with Crippen LogP contribution in [0.4, 0.5) is 22.0 Å². The molecule has 11 heteroatoms. The summed E-state index contributed by atoms with van der Waals surface area (Å²) in [5.74, 6) is -11.3. The summed E-state index contributed by atoms with van der Waals surface area (Å²) in [6, 6.07) is 0. The van der Waals surface area contributed by atoms with Crippen LogP contribution in [0.15, 0.2) is 0 Å².